The Morgan fingerprint density at radius 2 is 1.69 bits per heavy atom. The first-order valence-electron chi connectivity index (χ1n) is 14.8. The average molecular weight is 566 g/mol. The van der Waals surface area contributed by atoms with Crippen LogP contribution in [0.1, 0.15) is 115 Å². The zero-order valence-corrected chi connectivity index (χ0v) is 24.8. The monoisotopic (exact) mass is 565 g/mol. The number of nitrogens with zero attached hydrogens (tertiary/aromatic N) is 3. The van der Waals surface area contributed by atoms with Gasteiger partial charge in [-0.1, -0.05) is 38.5 Å². The van der Waals surface area contributed by atoms with Gasteiger partial charge in [-0.15, -0.1) is 11.3 Å². The molecule has 0 bridgehead atoms. The lowest BCUT2D eigenvalue weighted by atomic mass is 9.94. The number of hydrogen-bond donors (Lipinski definition) is 1. The van der Waals surface area contributed by atoms with Crippen LogP contribution in [0.3, 0.4) is 0 Å². The van der Waals surface area contributed by atoms with Crippen LogP contribution >= 0.6 is 23.1 Å². The third-order valence-electron chi connectivity index (χ3n) is 8.97. The lowest BCUT2D eigenvalue weighted by Crippen LogP contribution is -2.41. The smallest absolute Gasteiger partial charge is 0.339 e. The van der Waals surface area contributed by atoms with Gasteiger partial charge < -0.3 is 9.67 Å². The number of aromatic carboxylic acids is 1. The first-order valence-corrected chi connectivity index (χ1v) is 16.4. The van der Waals surface area contributed by atoms with Gasteiger partial charge in [0.2, 0.25) is 0 Å². The Bertz CT molecular complexity index is 1340. The quantitative estimate of drug-likeness (QED) is 0.378. The number of amides is 1. The molecule has 3 heterocycles. The van der Waals surface area contributed by atoms with E-state index in [9.17, 15) is 14.7 Å². The highest BCUT2D eigenvalue weighted by Crippen LogP contribution is 2.41. The summed E-state index contributed by atoms with van der Waals surface area (Å²) in [5.74, 6) is -0.755. The number of rotatable bonds is 5. The zero-order valence-electron chi connectivity index (χ0n) is 23.1. The molecule has 2 saturated carbocycles. The summed E-state index contributed by atoms with van der Waals surface area (Å²) in [6.07, 6.45) is 17.7. The van der Waals surface area contributed by atoms with Gasteiger partial charge in [0.05, 0.1) is 16.5 Å². The molecule has 4 aliphatic rings. The predicted molar refractivity (Wildman–Crippen MR) is 160 cm³/mol. The number of thioether (sulfide) groups is 1. The first kappa shape index (κ1) is 26.9. The van der Waals surface area contributed by atoms with E-state index in [2.05, 4.69) is 10.6 Å². The molecule has 2 aromatic heterocycles. The lowest BCUT2D eigenvalue weighted by Gasteiger charge is -2.31. The SMILES string of the molecule is Cc1cc(/C=C2\SC(=NC3CCCCC3)N(C3CCCCC3)C2=O)c(C)n1-c1sc2c(c1C(=O)O)CCCC2. The molecule has 39 heavy (non-hydrogen) atoms. The van der Waals surface area contributed by atoms with Crippen molar-refractivity contribution in [3.05, 3.63) is 43.9 Å². The number of thiophene rings is 1. The Balaban J connectivity index is 1.37. The highest BCUT2D eigenvalue weighted by Gasteiger charge is 2.39. The molecule has 1 N–H and O–H groups in total. The number of aliphatic imine (C=N–C) groups is 1. The molecule has 0 atom stereocenters. The number of carbonyl (C=O) groups is 2. The van der Waals surface area contributed by atoms with Gasteiger partial charge in [0.15, 0.2) is 5.17 Å². The molecule has 0 radical (unpaired) electrons. The topological polar surface area (TPSA) is 74.9 Å². The number of aromatic nitrogens is 1. The average Bonchev–Trinajstić information content (AvgIpc) is 3.55. The lowest BCUT2D eigenvalue weighted by molar-refractivity contribution is -0.124. The van der Waals surface area contributed by atoms with Gasteiger partial charge in [0, 0.05) is 22.3 Å². The van der Waals surface area contributed by atoms with Crippen molar-refractivity contribution in [2.75, 3.05) is 0 Å². The standard InChI is InChI=1S/C31H39N3O3S2/c1-19-17-21(20(2)33(19)29-27(30(36)37)24-15-9-10-16-25(24)38-29)18-26-28(35)34(23-13-7-4-8-14-23)31(39-26)32-22-11-5-3-6-12-22/h17-18,22-23H,3-16H2,1-2H3,(H,36,37)/b26-18-,32-31?. The fourth-order valence-electron chi connectivity index (χ4n) is 6.92. The van der Waals surface area contributed by atoms with Gasteiger partial charge in [-0.25, -0.2) is 4.79 Å². The highest BCUT2D eigenvalue weighted by atomic mass is 32.2. The number of amidine groups is 1. The normalized spacial score (nSPS) is 23.2. The van der Waals surface area contributed by atoms with E-state index in [0.29, 0.717) is 11.6 Å². The molecule has 2 aromatic rings. The molecular formula is C31H39N3O3S2. The Kier molecular flexibility index (Phi) is 7.77. The number of carboxylic acids is 1. The predicted octanol–water partition coefficient (Wildman–Crippen LogP) is 7.67. The molecule has 6 nitrogen and oxygen atoms in total. The molecular weight excluding hydrogens is 526 g/mol. The molecule has 3 aliphatic carbocycles. The van der Waals surface area contributed by atoms with Gasteiger partial charge in [-0.05, 0) is 100 Å². The molecule has 0 unspecified atom stereocenters. The van der Waals surface area contributed by atoms with Crippen LogP contribution in [0.15, 0.2) is 16.0 Å². The fourth-order valence-corrected chi connectivity index (χ4v) is 9.51. The molecule has 0 spiro atoms. The van der Waals surface area contributed by atoms with Crippen molar-refractivity contribution in [1.82, 2.24) is 9.47 Å². The molecule has 208 valence electrons. The van der Waals surface area contributed by atoms with Crippen LogP contribution in [0.4, 0.5) is 0 Å². The van der Waals surface area contributed by atoms with Crippen LogP contribution in [0, 0.1) is 13.8 Å². The maximum Gasteiger partial charge on any atom is 0.339 e. The maximum absolute atomic E-state index is 13.9. The second kappa shape index (κ2) is 11.3. The second-order valence-corrected chi connectivity index (χ2v) is 13.7. The summed E-state index contributed by atoms with van der Waals surface area (Å²) in [4.78, 5) is 35.4. The Morgan fingerprint density at radius 1 is 1.00 bits per heavy atom. The van der Waals surface area contributed by atoms with Crippen LogP contribution in [0.5, 0.6) is 0 Å². The molecule has 8 heteroatoms. The Hall–Kier alpha value is -2.32. The summed E-state index contributed by atoms with van der Waals surface area (Å²) in [5.41, 5.74) is 4.45. The largest absolute Gasteiger partial charge is 0.478 e. The third kappa shape index (κ3) is 5.15. The molecule has 1 aliphatic heterocycles. The van der Waals surface area contributed by atoms with E-state index >= 15 is 0 Å². The van der Waals surface area contributed by atoms with Gasteiger partial charge in [-0.2, -0.15) is 0 Å². The van der Waals surface area contributed by atoms with Crippen LogP contribution in [-0.4, -0.2) is 43.7 Å². The summed E-state index contributed by atoms with van der Waals surface area (Å²) < 4.78 is 2.10. The van der Waals surface area contributed by atoms with Gasteiger partial charge >= 0.3 is 5.97 Å². The van der Waals surface area contributed by atoms with Crippen molar-refractivity contribution in [2.24, 2.45) is 4.99 Å². The maximum atomic E-state index is 13.9. The van der Waals surface area contributed by atoms with Crippen molar-refractivity contribution < 1.29 is 14.7 Å². The number of hydrogen-bond acceptors (Lipinski definition) is 5. The van der Waals surface area contributed by atoms with Crippen molar-refractivity contribution >= 4 is 46.2 Å². The van der Waals surface area contributed by atoms with Crippen molar-refractivity contribution in [3.63, 3.8) is 0 Å². The summed E-state index contributed by atoms with van der Waals surface area (Å²) in [5, 5.41) is 11.9. The number of aryl methyl sites for hydroxylation is 2. The highest BCUT2D eigenvalue weighted by molar-refractivity contribution is 8.18. The van der Waals surface area contributed by atoms with Crippen molar-refractivity contribution in [2.45, 2.75) is 116 Å². The van der Waals surface area contributed by atoms with E-state index in [4.69, 9.17) is 4.99 Å². The fraction of sp³-hybridized carbons (Fsp3) is 0.581. The van der Waals surface area contributed by atoms with Gasteiger partial charge in [0.25, 0.3) is 5.91 Å². The van der Waals surface area contributed by atoms with Crippen LogP contribution in [0.25, 0.3) is 11.1 Å². The van der Waals surface area contributed by atoms with E-state index in [1.165, 1.54) is 43.4 Å². The van der Waals surface area contributed by atoms with E-state index in [1.807, 2.05) is 24.8 Å². The molecule has 6 rings (SSSR count). The zero-order chi connectivity index (χ0) is 27.1. The van der Waals surface area contributed by atoms with E-state index in [1.54, 1.807) is 23.1 Å². The van der Waals surface area contributed by atoms with Crippen LogP contribution in [-0.2, 0) is 17.6 Å². The van der Waals surface area contributed by atoms with Crippen molar-refractivity contribution in [1.29, 1.82) is 0 Å². The van der Waals surface area contributed by atoms with Gasteiger partial charge in [-0.3, -0.25) is 14.7 Å². The van der Waals surface area contributed by atoms with Gasteiger partial charge in [0.1, 0.15) is 5.00 Å². The second-order valence-electron chi connectivity index (χ2n) is 11.6. The van der Waals surface area contributed by atoms with Crippen LogP contribution in [0.2, 0.25) is 0 Å². The number of fused-ring (bicyclic) bond motifs is 1. The molecule has 1 saturated heterocycles. The summed E-state index contributed by atoms with van der Waals surface area (Å²) >= 11 is 3.17. The minimum atomic E-state index is -0.843. The molecule has 3 fully saturated rings. The summed E-state index contributed by atoms with van der Waals surface area (Å²) in [6, 6.07) is 2.67. The first-order chi connectivity index (χ1) is 18.9. The van der Waals surface area contributed by atoms with E-state index in [-0.39, 0.29) is 11.9 Å². The van der Waals surface area contributed by atoms with E-state index < -0.39 is 5.97 Å². The van der Waals surface area contributed by atoms with Crippen LogP contribution < -0.4 is 0 Å². The number of carboxylic acid groups (broad SMARTS) is 1. The molecule has 0 aromatic carbocycles. The minimum Gasteiger partial charge on any atom is -0.478 e. The molecule has 1 amide bonds. The van der Waals surface area contributed by atoms with E-state index in [0.717, 1.165) is 89.0 Å². The van der Waals surface area contributed by atoms with Crippen molar-refractivity contribution in [3.8, 4) is 5.00 Å². The summed E-state index contributed by atoms with van der Waals surface area (Å²) in [6.45, 7) is 4.08. The summed E-state index contributed by atoms with van der Waals surface area (Å²) in [7, 11) is 0. The third-order valence-corrected chi connectivity index (χ3v) is 11.2. The number of carbonyl (C=O) groups excluding carboxylic acids is 1. The Labute approximate surface area is 239 Å². The Morgan fingerprint density at radius 3 is 2.41 bits per heavy atom. The minimum absolute atomic E-state index is 0.0871.